The Morgan fingerprint density at radius 2 is 1.95 bits per heavy atom. The maximum absolute atomic E-state index is 14.3. The molecule has 0 spiro atoms. The van der Waals surface area contributed by atoms with E-state index in [0.29, 0.717) is 5.56 Å². The zero-order valence-corrected chi connectivity index (χ0v) is 10.8. The van der Waals surface area contributed by atoms with Crippen LogP contribution >= 0.6 is 0 Å². The Morgan fingerprint density at radius 3 is 2.53 bits per heavy atom. The molecule has 0 bridgehead atoms. The number of piperidine rings is 1. The highest BCUT2D eigenvalue weighted by atomic mass is 19.1. The minimum atomic E-state index is -0.934. The van der Waals surface area contributed by atoms with Crippen molar-refractivity contribution in [2.24, 2.45) is 0 Å². The van der Waals surface area contributed by atoms with E-state index in [1.54, 1.807) is 13.8 Å². The highest BCUT2D eigenvalue weighted by Gasteiger charge is 2.33. The first-order valence-corrected chi connectivity index (χ1v) is 6.23. The van der Waals surface area contributed by atoms with Crippen molar-refractivity contribution in [3.05, 3.63) is 34.9 Å². The van der Waals surface area contributed by atoms with Crippen molar-refractivity contribution in [3.63, 3.8) is 0 Å². The highest BCUT2D eigenvalue weighted by molar-refractivity contribution is 6.01. The van der Waals surface area contributed by atoms with Crippen molar-refractivity contribution in [2.75, 3.05) is 0 Å². The third-order valence-corrected chi connectivity index (χ3v) is 3.37. The van der Waals surface area contributed by atoms with E-state index in [1.165, 1.54) is 12.1 Å². The lowest BCUT2D eigenvalue weighted by Gasteiger charge is -2.23. The number of benzene rings is 1. The third-order valence-electron chi connectivity index (χ3n) is 3.37. The van der Waals surface area contributed by atoms with Gasteiger partial charge in [0.15, 0.2) is 0 Å². The van der Waals surface area contributed by atoms with Crippen molar-refractivity contribution in [2.45, 2.75) is 38.5 Å². The summed E-state index contributed by atoms with van der Waals surface area (Å²) in [5.41, 5.74) is 0.150. The van der Waals surface area contributed by atoms with Gasteiger partial charge in [0, 0.05) is 12.0 Å². The smallest absolute Gasteiger partial charge is 0.234 e. The van der Waals surface area contributed by atoms with Gasteiger partial charge in [-0.05, 0) is 24.0 Å². The van der Waals surface area contributed by atoms with Gasteiger partial charge in [-0.1, -0.05) is 19.9 Å². The Morgan fingerprint density at radius 1 is 1.26 bits per heavy atom. The number of amides is 2. The van der Waals surface area contributed by atoms with E-state index in [-0.39, 0.29) is 24.3 Å². The van der Waals surface area contributed by atoms with Crippen LogP contribution in [0.1, 0.15) is 49.7 Å². The second-order valence-corrected chi connectivity index (χ2v) is 5.02. The summed E-state index contributed by atoms with van der Waals surface area (Å²) in [6, 6.07) is 2.57. The highest BCUT2D eigenvalue weighted by Crippen LogP contribution is 2.32. The van der Waals surface area contributed by atoms with Crippen LogP contribution in [0, 0.1) is 11.6 Å². The molecule has 1 aromatic carbocycles. The summed E-state index contributed by atoms with van der Waals surface area (Å²) in [6.45, 7) is 3.59. The number of carbonyl (C=O) groups excluding carboxylic acids is 2. The second-order valence-electron chi connectivity index (χ2n) is 5.02. The Hall–Kier alpha value is -1.78. The SMILES string of the molecule is CC(C)c1ccc(F)c(C2CCC(=O)NC2=O)c1F. The molecule has 0 radical (unpaired) electrons. The first kappa shape index (κ1) is 13.6. The molecule has 1 aliphatic heterocycles. The Kier molecular flexibility index (Phi) is 3.64. The van der Waals surface area contributed by atoms with Gasteiger partial charge in [-0.3, -0.25) is 14.9 Å². The maximum atomic E-state index is 14.3. The molecule has 2 rings (SSSR count). The van der Waals surface area contributed by atoms with Crippen LogP contribution in [0.15, 0.2) is 12.1 Å². The fraction of sp³-hybridized carbons (Fsp3) is 0.429. The van der Waals surface area contributed by atoms with Gasteiger partial charge in [0.05, 0.1) is 5.92 Å². The summed E-state index contributed by atoms with van der Waals surface area (Å²) < 4.78 is 28.2. The fourth-order valence-corrected chi connectivity index (χ4v) is 2.32. The van der Waals surface area contributed by atoms with Crippen LogP contribution in [-0.2, 0) is 9.59 Å². The van der Waals surface area contributed by atoms with Gasteiger partial charge < -0.3 is 0 Å². The van der Waals surface area contributed by atoms with Gasteiger partial charge >= 0.3 is 0 Å². The summed E-state index contributed by atoms with van der Waals surface area (Å²) in [7, 11) is 0. The van der Waals surface area contributed by atoms with Crippen molar-refractivity contribution < 1.29 is 18.4 Å². The lowest BCUT2D eigenvalue weighted by molar-refractivity contribution is -0.134. The molecule has 5 heteroatoms. The van der Waals surface area contributed by atoms with Gasteiger partial charge in [0.25, 0.3) is 0 Å². The van der Waals surface area contributed by atoms with E-state index in [0.717, 1.165) is 0 Å². The summed E-state index contributed by atoms with van der Waals surface area (Å²) in [6.07, 6.45) is 0.237. The molecule has 1 unspecified atom stereocenters. The van der Waals surface area contributed by atoms with Crippen molar-refractivity contribution >= 4 is 11.8 Å². The van der Waals surface area contributed by atoms with E-state index in [2.05, 4.69) is 5.32 Å². The van der Waals surface area contributed by atoms with Gasteiger partial charge in [0.1, 0.15) is 11.6 Å². The average molecular weight is 267 g/mol. The lowest BCUT2D eigenvalue weighted by Crippen LogP contribution is -2.40. The van der Waals surface area contributed by atoms with Gasteiger partial charge in [-0.15, -0.1) is 0 Å². The molecule has 102 valence electrons. The standard InChI is InChI=1S/C14H15F2NO2/c1-7(2)8-3-5-10(15)12(13(8)16)9-4-6-11(18)17-14(9)19/h3,5,7,9H,4,6H2,1-2H3,(H,17,18,19). The molecule has 0 aliphatic carbocycles. The Labute approximate surface area is 110 Å². The summed E-state index contributed by atoms with van der Waals surface area (Å²) in [5.74, 6) is -3.48. The number of carbonyl (C=O) groups is 2. The number of imide groups is 1. The molecule has 1 aromatic rings. The third kappa shape index (κ3) is 2.50. The minimum absolute atomic E-state index is 0.0984. The lowest BCUT2D eigenvalue weighted by atomic mass is 9.87. The van der Waals surface area contributed by atoms with Crippen LogP contribution in [0.4, 0.5) is 8.78 Å². The largest absolute Gasteiger partial charge is 0.296 e. The molecule has 0 saturated carbocycles. The summed E-state index contributed by atoms with van der Waals surface area (Å²) in [4.78, 5) is 22.8. The average Bonchev–Trinajstić information content (AvgIpc) is 2.31. The normalized spacial score (nSPS) is 19.7. The number of nitrogens with one attached hydrogen (secondary N) is 1. The predicted octanol–water partition coefficient (Wildman–Crippen LogP) is 2.61. The molecule has 1 aliphatic rings. The second kappa shape index (κ2) is 5.07. The molecule has 2 amide bonds. The minimum Gasteiger partial charge on any atom is -0.296 e. The molecular formula is C14H15F2NO2. The van der Waals surface area contributed by atoms with E-state index >= 15 is 0 Å². The number of hydrogen-bond acceptors (Lipinski definition) is 2. The van der Waals surface area contributed by atoms with Gasteiger partial charge in [-0.25, -0.2) is 8.78 Å². The van der Waals surface area contributed by atoms with Crippen LogP contribution in [-0.4, -0.2) is 11.8 Å². The number of halogens is 2. The molecule has 1 saturated heterocycles. The first-order valence-electron chi connectivity index (χ1n) is 6.23. The Balaban J connectivity index is 2.47. The van der Waals surface area contributed by atoms with E-state index in [9.17, 15) is 18.4 Å². The molecule has 1 atom stereocenters. The van der Waals surface area contributed by atoms with Crippen LogP contribution in [0.5, 0.6) is 0 Å². The number of rotatable bonds is 2. The predicted molar refractivity (Wildman–Crippen MR) is 65.6 cm³/mol. The quantitative estimate of drug-likeness (QED) is 0.837. The molecule has 0 aromatic heterocycles. The van der Waals surface area contributed by atoms with Gasteiger partial charge in [-0.2, -0.15) is 0 Å². The van der Waals surface area contributed by atoms with Crippen LogP contribution in [0.2, 0.25) is 0 Å². The summed E-state index contributed by atoms with van der Waals surface area (Å²) >= 11 is 0. The number of hydrogen-bond donors (Lipinski definition) is 1. The maximum Gasteiger partial charge on any atom is 0.234 e. The zero-order valence-electron chi connectivity index (χ0n) is 10.8. The summed E-state index contributed by atoms with van der Waals surface area (Å²) in [5, 5.41) is 2.12. The molecule has 1 N–H and O–H groups in total. The first-order chi connectivity index (χ1) is 8.91. The molecule has 3 nitrogen and oxygen atoms in total. The van der Waals surface area contributed by atoms with E-state index in [4.69, 9.17) is 0 Å². The van der Waals surface area contributed by atoms with E-state index < -0.39 is 29.4 Å². The van der Waals surface area contributed by atoms with Crippen LogP contribution in [0.3, 0.4) is 0 Å². The molecule has 1 heterocycles. The zero-order chi connectivity index (χ0) is 14.2. The Bertz CT molecular complexity index is 540. The van der Waals surface area contributed by atoms with Crippen molar-refractivity contribution in [3.8, 4) is 0 Å². The van der Waals surface area contributed by atoms with Crippen LogP contribution in [0.25, 0.3) is 0 Å². The fourth-order valence-electron chi connectivity index (χ4n) is 2.32. The topological polar surface area (TPSA) is 46.2 Å². The van der Waals surface area contributed by atoms with Crippen molar-refractivity contribution in [1.29, 1.82) is 0 Å². The van der Waals surface area contributed by atoms with E-state index in [1.807, 2.05) is 0 Å². The van der Waals surface area contributed by atoms with Crippen molar-refractivity contribution in [1.82, 2.24) is 5.32 Å². The molecule has 19 heavy (non-hydrogen) atoms. The molecular weight excluding hydrogens is 252 g/mol. The van der Waals surface area contributed by atoms with Crippen LogP contribution < -0.4 is 5.32 Å². The molecule has 1 fully saturated rings. The van der Waals surface area contributed by atoms with Gasteiger partial charge in [0.2, 0.25) is 11.8 Å². The monoisotopic (exact) mass is 267 g/mol.